The van der Waals surface area contributed by atoms with Crippen molar-refractivity contribution in [3.8, 4) is 0 Å². The summed E-state index contributed by atoms with van der Waals surface area (Å²) in [6.07, 6.45) is 7.29. The van der Waals surface area contributed by atoms with E-state index in [4.69, 9.17) is 0 Å². The van der Waals surface area contributed by atoms with E-state index in [9.17, 15) is 4.79 Å². The van der Waals surface area contributed by atoms with Crippen molar-refractivity contribution < 1.29 is 9.78 Å². The van der Waals surface area contributed by atoms with Crippen molar-refractivity contribution in [1.82, 2.24) is 9.47 Å². The number of piperidine rings is 1. The molecule has 4 nitrogen and oxygen atoms in total. The van der Waals surface area contributed by atoms with Crippen molar-refractivity contribution in [2.45, 2.75) is 18.8 Å². The average Bonchev–Trinajstić information content (AvgIpc) is 3.02. The minimum Gasteiger partial charge on any atom is -0.304 e. The van der Waals surface area contributed by atoms with Crippen LogP contribution in [0.4, 0.5) is 4.79 Å². The van der Waals surface area contributed by atoms with Gasteiger partial charge < -0.3 is 4.90 Å². The van der Waals surface area contributed by atoms with Crippen LogP contribution in [0, 0.1) is 0 Å². The number of H-pyrrole nitrogens is 1. The molecule has 0 saturated carbocycles. The molecule has 1 aliphatic heterocycles. The van der Waals surface area contributed by atoms with Crippen LogP contribution in [-0.4, -0.2) is 28.6 Å². The Morgan fingerprint density at radius 2 is 1.89 bits per heavy atom. The van der Waals surface area contributed by atoms with Gasteiger partial charge in [-0.25, -0.2) is 9.78 Å². The van der Waals surface area contributed by atoms with E-state index < -0.39 is 0 Å². The summed E-state index contributed by atoms with van der Waals surface area (Å²) in [6, 6.07) is 10.6. The molecule has 0 bridgehead atoms. The van der Waals surface area contributed by atoms with Crippen molar-refractivity contribution in [3.63, 3.8) is 0 Å². The van der Waals surface area contributed by atoms with Gasteiger partial charge in [0.15, 0.2) is 0 Å². The lowest BCUT2D eigenvalue weighted by Gasteiger charge is -2.30. The summed E-state index contributed by atoms with van der Waals surface area (Å²) in [5, 5.41) is 0. The van der Waals surface area contributed by atoms with E-state index in [0.717, 1.165) is 25.9 Å². The van der Waals surface area contributed by atoms with E-state index in [2.05, 4.69) is 29.2 Å². The molecule has 19 heavy (non-hydrogen) atoms. The summed E-state index contributed by atoms with van der Waals surface area (Å²) in [6.45, 7) is 1.66. The van der Waals surface area contributed by atoms with Crippen molar-refractivity contribution in [2.75, 3.05) is 13.1 Å². The molecule has 1 aromatic carbocycles. The van der Waals surface area contributed by atoms with Gasteiger partial charge in [0.1, 0.15) is 12.4 Å². The maximum absolute atomic E-state index is 12.2. The Morgan fingerprint density at radius 3 is 2.53 bits per heavy atom. The van der Waals surface area contributed by atoms with Crippen molar-refractivity contribution in [1.29, 1.82) is 0 Å². The highest BCUT2D eigenvalue weighted by atomic mass is 16.2. The minimum atomic E-state index is 0.0627. The molecule has 3 rings (SSSR count). The molecule has 1 N–H and O–H groups in total. The first-order chi connectivity index (χ1) is 9.34. The van der Waals surface area contributed by atoms with Crippen LogP contribution >= 0.6 is 0 Å². The number of hydrogen-bond donors (Lipinski definition) is 0. The molecular weight excluding hydrogens is 238 g/mol. The molecule has 4 heteroatoms. The van der Waals surface area contributed by atoms with Crippen LogP contribution in [0.2, 0.25) is 0 Å². The Hall–Kier alpha value is -2.10. The first-order valence-corrected chi connectivity index (χ1v) is 6.73. The number of rotatable bonds is 1. The van der Waals surface area contributed by atoms with E-state index in [1.807, 2.05) is 11.0 Å². The summed E-state index contributed by atoms with van der Waals surface area (Å²) < 4.78 is 1.60. The minimum absolute atomic E-state index is 0.0627. The number of carbonyl (C=O) groups excluding carboxylic acids is 1. The quantitative estimate of drug-likeness (QED) is 0.770. The molecule has 1 fully saturated rings. The zero-order chi connectivity index (χ0) is 13.1. The van der Waals surface area contributed by atoms with Crippen LogP contribution in [0.25, 0.3) is 0 Å². The second-order valence-corrected chi connectivity index (χ2v) is 4.97. The number of nitrogens with one attached hydrogen (secondary N) is 1. The molecular formula is C15H18N3O+. The summed E-state index contributed by atoms with van der Waals surface area (Å²) >= 11 is 0. The number of nitrogens with zero attached hydrogens (tertiary/aromatic N) is 2. The second kappa shape index (κ2) is 5.26. The maximum Gasteiger partial charge on any atom is 0.415 e. The number of likely N-dealkylation sites (tertiary alicyclic amines) is 1. The van der Waals surface area contributed by atoms with Gasteiger partial charge in [0.25, 0.3) is 6.33 Å². The Kier molecular flexibility index (Phi) is 3.31. The summed E-state index contributed by atoms with van der Waals surface area (Å²) in [7, 11) is 0. The molecule has 2 heterocycles. The normalized spacial score (nSPS) is 16.5. The Bertz CT molecular complexity index is 528. The van der Waals surface area contributed by atoms with Crippen molar-refractivity contribution in [2.24, 2.45) is 0 Å². The third kappa shape index (κ3) is 2.52. The topological polar surface area (TPSA) is 39.4 Å². The molecule has 1 saturated heterocycles. The third-order valence-corrected chi connectivity index (χ3v) is 3.80. The van der Waals surface area contributed by atoms with E-state index in [1.165, 1.54) is 5.56 Å². The third-order valence-electron chi connectivity index (χ3n) is 3.80. The van der Waals surface area contributed by atoms with Gasteiger partial charge in [0, 0.05) is 13.1 Å². The maximum atomic E-state index is 12.2. The lowest BCUT2D eigenvalue weighted by Crippen LogP contribution is -2.40. The molecule has 2 aromatic rings. The van der Waals surface area contributed by atoms with Gasteiger partial charge in [-0.05, 0) is 24.3 Å². The molecule has 1 aliphatic rings. The lowest BCUT2D eigenvalue weighted by atomic mass is 9.90. The highest BCUT2D eigenvalue weighted by Gasteiger charge is 2.26. The van der Waals surface area contributed by atoms with Crippen LogP contribution in [-0.2, 0) is 0 Å². The van der Waals surface area contributed by atoms with Crippen molar-refractivity contribution in [3.05, 3.63) is 54.6 Å². The largest absolute Gasteiger partial charge is 0.415 e. The van der Waals surface area contributed by atoms with E-state index >= 15 is 0 Å². The lowest BCUT2D eigenvalue weighted by molar-refractivity contribution is -0.376. The van der Waals surface area contributed by atoms with Gasteiger partial charge in [0.2, 0.25) is 0 Å². The first kappa shape index (κ1) is 12.0. The SMILES string of the molecule is O=C(N1CCC(c2ccccc2)CC1)n1cc[nH+]c1. The number of imidazole rings is 1. The van der Waals surface area contributed by atoms with Crippen molar-refractivity contribution >= 4 is 6.03 Å². The predicted octanol–water partition coefficient (Wildman–Crippen LogP) is 2.15. The van der Waals surface area contributed by atoms with E-state index in [1.54, 1.807) is 23.3 Å². The van der Waals surface area contributed by atoms with Gasteiger partial charge in [-0.15, -0.1) is 0 Å². The Labute approximate surface area is 112 Å². The standard InChI is InChI=1S/C15H17N3O/c19-15(18-11-8-16-12-18)17-9-6-14(7-10-17)13-4-2-1-3-5-13/h1-5,8,11-12,14H,6-7,9-10H2/p+1. The molecule has 0 aliphatic carbocycles. The number of amides is 1. The fraction of sp³-hybridized carbons (Fsp3) is 0.333. The summed E-state index contributed by atoms with van der Waals surface area (Å²) in [5.74, 6) is 0.585. The highest BCUT2D eigenvalue weighted by Crippen LogP contribution is 2.27. The Balaban J connectivity index is 1.62. The number of aromatic amines is 1. The van der Waals surface area contributed by atoms with Gasteiger partial charge in [-0.1, -0.05) is 30.3 Å². The molecule has 1 amide bonds. The number of aromatic nitrogens is 2. The number of carbonyl (C=O) groups is 1. The van der Waals surface area contributed by atoms with Gasteiger partial charge in [-0.3, -0.25) is 0 Å². The van der Waals surface area contributed by atoms with E-state index in [-0.39, 0.29) is 6.03 Å². The highest BCUT2D eigenvalue weighted by molar-refractivity contribution is 5.76. The number of hydrogen-bond acceptors (Lipinski definition) is 1. The summed E-state index contributed by atoms with van der Waals surface area (Å²) in [5.41, 5.74) is 1.39. The molecule has 0 spiro atoms. The summed E-state index contributed by atoms with van der Waals surface area (Å²) in [4.78, 5) is 17.0. The van der Waals surface area contributed by atoms with Crippen LogP contribution in [0.15, 0.2) is 49.1 Å². The zero-order valence-electron chi connectivity index (χ0n) is 10.8. The molecule has 0 unspecified atom stereocenters. The molecule has 1 aromatic heterocycles. The van der Waals surface area contributed by atoms with Gasteiger partial charge >= 0.3 is 6.03 Å². The molecule has 0 atom stereocenters. The predicted molar refractivity (Wildman–Crippen MR) is 71.8 cm³/mol. The molecule has 0 radical (unpaired) electrons. The zero-order valence-corrected chi connectivity index (χ0v) is 10.8. The number of benzene rings is 1. The fourth-order valence-corrected chi connectivity index (χ4v) is 2.70. The second-order valence-electron chi connectivity index (χ2n) is 4.97. The van der Waals surface area contributed by atoms with Crippen LogP contribution in [0.3, 0.4) is 0 Å². The van der Waals surface area contributed by atoms with Gasteiger partial charge in [-0.2, -0.15) is 4.57 Å². The van der Waals surface area contributed by atoms with Crippen LogP contribution in [0.1, 0.15) is 24.3 Å². The van der Waals surface area contributed by atoms with Gasteiger partial charge in [0.05, 0.1) is 0 Å². The van der Waals surface area contributed by atoms with Crippen LogP contribution < -0.4 is 4.98 Å². The van der Waals surface area contributed by atoms with Crippen LogP contribution in [0.5, 0.6) is 0 Å². The first-order valence-electron chi connectivity index (χ1n) is 6.73. The smallest absolute Gasteiger partial charge is 0.304 e. The fourth-order valence-electron chi connectivity index (χ4n) is 2.70. The average molecular weight is 256 g/mol. The Morgan fingerprint density at radius 1 is 1.16 bits per heavy atom. The van der Waals surface area contributed by atoms with E-state index in [0.29, 0.717) is 5.92 Å². The monoisotopic (exact) mass is 256 g/mol. The molecule has 98 valence electrons.